The van der Waals surface area contributed by atoms with E-state index in [0.717, 1.165) is 24.2 Å². The summed E-state index contributed by atoms with van der Waals surface area (Å²) in [6.45, 7) is 4.47. The Labute approximate surface area is 164 Å². The molecule has 0 radical (unpaired) electrons. The van der Waals surface area contributed by atoms with Gasteiger partial charge in [0, 0.05) is 18.7 Å². The Hall–Kier alpha value is -2.02. The lowest BCUT2D eigenvalue weighted by atomic mass is 9.94. The third kappa shape index (κ3) is 5.03. The average molecular weight is 390 g/mol. The Bertz CT molecular complexity index is 741. The topological polar surface area (TPSA) is 68.5 Å². The second-order valence-corrected chi connectivity index (χ2v) is 8.12. The van der Waals surface area contributed by atoms with Crippen LogP contribution in [0.15, 0.2) is 33.9 Å². The summed E-state index contributed by atoms with van der Waals surface area (Å²) in [5.41, 5.74) is 0.830. The highest BCUT2D eigenvalue weighted by molar-refractivity contribution is 8.00. The predicted octanol–water partition coefficient (Wildman–Crippen LogP) is 4.41. The van der Waals surface area contributed by atoms with E-state index in [-0.39, 0.29) is 11.2 Å². The largest absolute Gasteiger partial charge is 0.494 e. The molecule has 1 heterocycles. The van der Waals surface area contributed by atoms with Crippen molar-refractivity contribution in [2.75, 3.05) is 13.7 Å². The van der Waals surface area contributed by atoms with Crippen LogP contribution in [0.2, 0.25) is 0 Å². The Morgan fingerprint density at radius 2 is 1.96 bits per heavy atom. The van der Waals surface area contributed by atoms with Crippen LogP contribution in [0.25, 0.3) is 11.5 Å². The number of hydrogen-bond acceptors (Lipinski definition) is 6. The Morgan fingerprint density at radius 1 is 1.26 bits per heavy atom. The molecular weight excluding hydrogens is 362 g/mol. The van der Waals surface area contributed by atoms with Gasteiger partial charge in [-0.1, -0.05) is 31.0 Å². The predicted molar refractivity (Wildman–Crippen MR) is 106 cm³/mol. The molecule has 0 saturated heterocycles. The molecule has 1 atom stereocenters. The van der Waals surface area contributed by atoms with E-state index in [9.17, 15) is 4.79 Å². The third-order valence-corrected chi connectivity index (χ3v) is 5.84. The van der Waals surface area contributed by atoms with E-state index in [1.165, 1.54) is 31.0 Å². The van der Waals surface area contributed by atoms with Crippen LogP contribution >= 0.6 is 11.8 Å². The van der Waals surface area contributed by atoms with Gasteiger partial charge in [-0.15, -0.1) is 10.2 Å². The highest BCUT2D eigenvalue weighted by Gasteiger charge is 2.27. The Balaban J connectivity index is 1.60. The molecule has 1 fully saturated rings. The van der Waals surface area contributed by atoms with Gasteiger partial charge in [0.2, 0.25) is 11.8 Å². The minimum atomic E-state index is -0.259. The number of amides is 1. The summed E-state index contributed by atoms with van der Waals surface area (Å²) in [6.07, 6.45) is 5.89. The average Bonchev–Trinajstić information content (AvgIpc) is 3.16. The number of rotatable bonds is 7. The number of aromatic nitrogens is 2. The minimum Gasteiger partial charge on any atom is -0.494 e. The van der Waals surface area contributed by atoms with Crippen LogP contribution in [-0.2, 0) is 4.79 Å². The number of thioether (sulfide) groups is 1. The maximum Gasteiger partial charge on any atom is 0.277 e. The highest BCUT2D eigenvalue weighted by atomic mass is 32.2. The molecule has 1 aromatic carbocycles. The van der Waals surface area contributed by atoms with Gasteiger partial charge in [-0.2, -0.15) is 0 Å². The van der Waals surface area contributed by atoms with Gasteiger partial charge in [0.05, 0.1) is 11.9 Å². The first-order valence-corrected chi connectivity index (χ1v) is 10.5. The van der Waals surface area contributed by atoms with E-state index in [2.05, 4.69) is 10.2 Å². The molecule has 0 spiro atoms. The molecule has 1 aliphatic rings. The molecule has 1 amide bonds. The number of carbonyl (C=O) groups is 1. The summed E-state index contributed by atoms with van der Waals surface area (Å²) in [6, 6.07) is 7.88. The maximum atomic E-state index is 12.7. The molecule has 1 aromatic heterocycles. The molecular formula is C20H27N3O3S. The monoisotopic (exact) mass is 389 g/mol. The lowest BCUT2D eigenvalue weighted by molar-refractivity contribution is -0.131. The molecule has 27 heavy (non-hydrogen) atoms. The summed E-state index contributed by atoms with van der Waals surface area (Å²) >= 11 is 1.31. The zero-order valence-corrected chi connectivity index (χ0v) is 17.0. The Morgan fingerprint density at radius 3 is 2.63 bits per heavy atom. The van der Waals surface area contributed by atoms with Crippen molar-refractivity contribution in [1.82, 2.24) is 15.1 Å². The molecule has 146 valence electrons. The number of hydrogen-bond donors (Lipinski definition) is 0. The molecule has 0 N–H and O–H groups in total. The van der Waals surface area contributed by atoms with Crippen LogP contribution < -0.4 is 4.74 Å². The molecule has 0 unspecified atom stereocenters. The van der Waals surface area contributed by atoms with Crippen molar-refractivity contribution in [2.24, 2.45) is 0 Å². The maximum absolute atomic E-state index is 12.7. The summed E-state index contributed by atoms with van der Waals surface area (Å²) in [7, 11) is 1.91. The quantitative estimate of drug-likeness (QED) is 0.654. The van der Waals surface area contributed by atoms with Gasteiger partial charge in [0.25, 0.3) is 5.22 Å². The van der Waals surface area contributed by atoms with Crippen LogP contribution in [0.5, 0.6) is 5.75 Å². The van der Waals surface area contributed by atoms with Crippen molar-refractivity contribution in [3.63, 3.8) is 0 Å². The normalized spacial score (nSPS) is 16.1. The van der Waals surface area contributed by atoms with Crippen molar-refractivity contribution in [3.8, 4) is 17.2 Å². The van der Waals surface area contributed by atoms with E-state index in [4.69, 9.17) is 9.15 Å². The van der Waals surface area contributed by atoms with Crippen LogP contribution in [-0.4, -0.2) is 46.0 Å². The summed E-state index contributed by atoms with van der Waals surface area (Å²) in [4.78, 5) is 14.6. The zero-order valence-electron chi connectivity index (χ0n) is 16.2. The lowest BCUT2D eigenvalue weighted by Crippen LogP contribution is -2.42. The van der Waals surface area contributed by atoms with E-state index < -0.39 is 0 Å². The SMILES string of the molecule is CCOc1ccc(-c2nnc(S[C@@H](C)C(=O)N(C)C3CCCCC3)o2)cc1. The number of benzene rings is 1. The van der Waals surface area contributed by atoms with Crippen LogP contribution in [0.3, 0.4) is 0 Å². The second kappa shape index (κ2) is 9.26. The standard InChI is InChI=1S/C20H27N3O3S/c1-4-25-17-12-10-15(11-13-17)18-21-22-20(26-18)27-14(2)19(24)23(3)16-8-6-5-7-9-16/h10-14,16H,4-9H2,1-3H3/t14-/m0/s1. The van der Waals surface area contributed by atoms with E-state index >= 15 is 0 Å². The van der Waals surface area contributed by atoms with Crippen LogP contribution in [0, 0.1) is 0 Å². The van der Waals surface area contributed by atoms with Crippen LogP contribution in [0.1, 0.15) is 46.0 Å². The molecule has 2 aromatic rings. The summed E-state index contributed by atoms with van der Waals surface area (Å²) in [5, 5.41) is 8.35. The van der Waals surface area contributed by atoms with Crippen molar-refractivity contribution in [3.05, 3.63) is 24.3 Å². The first-order chi connectivity index (χ1) is 13.1. The van der Waals surface area contributed by atoms with Gasteiger partial charge in [0.15, 0.2) is 0 Å². The first-order valence-electron chi connectivity index (χ1n) is 9.58. The van der Waals surface area contributed by atoms with Gasteiger partial charge in [-0.3, -0.25) is 4.79 Å². The zero-order chi connectivity index (χ0) is 19.2. The molecule has 1 saturated carbocycles. The number of carbonyl (C=O) groups excluding carboxylic acids is 1. The number of ether oxygens (including phenoxy) is 1. The molecule has 0 aliphatic heterocycles. The minimum absolute atomic E-state index is 0.118. The Kier molecular flexibility index (Phi) is 6.77. The second-order valence-electron chi connectivity index (χ2n) is 6.83. The fourth-order valence-corrected chi connectivity index (χ4v) is 4.16. The van der Waals surface area contributed by atoms with Gasteiger partial charge in [-0.05, 0) is 51.0 Å². The van der Waals surface area contributed by atoms with E-state index in [0.29, 0.717) is 23.8 Å². The van der Waals surface area contributed by atoms with Crippen molar-refractivity contribution in [2.45, 2.75) is 62.5 Å². The fourth-order valence-electron chi connectivity index (χ4n) is 3.37. The summed E-state index contributed by atoms with van der Waals surface area (Å²) < 4.78 is 11.2. The summed E-state index contributed by atoms with van der Waals surface area (Å²) in [5.74, 6) is 1.37. The third-order valence-electron chi connectivity index (χ3n) is 4.91. The van der Waals surface area contributed by atoms with Gasteiger partial charge in [0.1, 0.15) is 5.75 Å². The highest BCUT2D eigenvalue weighted by Crippen LogP contribution is 2.29. The van der Waals surface area contributed by atoms with Crippen molar-refractivity contribution >= 4 is 17.7 Å². The smallest absolute Gasteiger partial charge is 0.277 e. The van der Waals surface area contributed by atoms with Gasteiger partial charge < -0.3 is 14.1 Å². The van der Waals surface area contributed by atoms with Crippen molar-refractivity contribution < 1.29 is 13.9 Å². The van der Waals surface area contributed by atoms with Gasteiger partial charge >= 0.3 is 0 Å². The molecule has 1 aliphatic carbocycles. The molecule has 7 heteroatoms. The van der Waals surface area contributed by atoms with E-state index in [1.807, 2.05) is 50.1 Å². The molecule has 3 rings (SSSR count). The van der Waals surface area contributed by atoms with Crippen LogP contribution in [0.4, 0.5) is 0 Å². The van der Waals surface area contributed by atoms with Crippen molar-refractivity contribution in [1.29, 1.82) is 0 Å². The number of nitrogens with zero attached hydrogens (tertiary/aromatic N) is 3. The van der Waals surface area contributed by atoms with E-state index in [1.54, 1.807) is 0 Å². The fraction of sp³-hybridized carbons (Fsp3) is 0.550. The molecule has 6 nitrogen and oxygen atoms in total. The molecule has 0 bridgehead atoms. The first kappa shape index (κ1) is 19.7. The lowest BCUT2D eigenvalue weighted by Gasteiger charge is -2.32. The van der Waals surface area contributed by atoms with Gasteiger partial charge in [-0.25, -0.2) is 0 Å².